The maximum atomic E-state index is 12.7. The predicted octanol–water partition coefficient (Wildman–Crippen LogP) is 3.76. The van der Waals surface area contributed by atoms with Crippen LogP contribution in [-0.4, -0.2) is 48.0 Å². The topological polar surface area (TPSA) is 118 Å². The highest BCUT2D eigenvalue weighted by atomic mass is 19.4. The van der Waals surface area contributed by atoms with Gasteiger partial charge in [0.1, 0.15) is 12.2 Å². The standard InChI is InChI=1S/C22H21F3N4O6/c1-33-9-10-35-19-12-17(29(31)32)16(11-18(19)34-2)21(30)26-13-14-3-5-15(6-4-14)28-8-7-20(27-28)22(23,24)25/h3-8,11-12H,9-10,13H2,1-2H3,(H,26,30). The van der Waals surface area contributed by atoms with Crippen LogP contribution in [0.25, 0.3) is 5.69 Å². The molecule has 2 aromatic carbocycles. The molecule has 0 aliphatic carbocycles. The fourth-order valence-corrected chi connectivity index (χ4v) is 3.05. The Morgan fingerprint density at radius 2 is 1.83 bits per heavy atom. The highest BCUT2D eigenvalue weighted by molar-refractivity contribution is 5.99. The second-order valence-electron chi connectivity index (χ2n) is 7.11. The van der Waals surface area contributed by atoms with Crippen LogP contribution in [0.4, 0.5) is 18.9 Å². The van der Waals surface area contributed by atoms with Crippen LogP contribution in [0, 0.1) is 10.1 Å². The molecule has 1 aromatic heterocycles. The molecule has 35 heavy (non-hydrogen) atoms. The number of carbonyl (C=O) groups is 1. The smallest absolute Gasteiger partial charge is 0.435 e. The van der Waals surface area contributed by atoms with Crippen LogP contribution < -0.4 is 14.8 Å². The van der Waals surface area contributed by atoms with Crippen molar-refractivity contribution in [3.8, 4) is 17.2 Å². The monoisotopic (exact) mass is 494 g/mol. The molecule has 0 bridgehead atoms. The van der Waals surface area contributed by atoms with Crippen LogP contribution in [0.3, 0.4) is 0 Å². The van der Waals surface area contributed by atoms with Gasteiger partial charge in [-0.25, -0.2) is 4.68 Å². The van der Waals surface area contributed by atoms with Gasteiger partial charge in [-0.15, -0.1) is 0 Å². The van der Waals surface area contributed by atoms with E-state index in [4.69, 9.17) is 14.2 Å². The number of hydrogen-bond donors (Lipinski definition) is 1. The fourth-order valence-electron chi connectivity index (χ4n) is 3.05. The Morgan fingerprint density at radius 1 is 1.11 bits per heavy atom. The molecule has 13 heteroatoms. The minimum Gasteiger partial charge on any atom is -0.493 e. The molecule has 0 saturated carbocycles. The summed E-state index contributed by atoms with van der Waals surface area (Å²) in [7, 11) is 2.82. The zero-order chi connectivity index (χ0) is 25.6. The Balaban J connectivity index is 1.72. The van der Waals surface area contributed by atoms with Gasteiger partial charge in [0.2, 0.25) is 0 Å². The summed E-state index contributed by atoms with van der Waals surface area (Å²) in [6.45, 7) is 0.390. The molecule has 10 nitrogen and oxygen atoms in total. The van der Waals surface area contributed by atoms with Crippen LogP contribution in [0.2, 0.25) is 0 Å². The van der Waals surface area contributed by atoms with Gasteiger partial charge < -0.3 is 19.5 Å². The van der Waals surface area contributed by atoms with Crippen LogP contribution in [-0.2, 0) is 17.5 Å². The molecule has 0 aliphatic rings. The molecule has 0 saturated heterocycles. The van der Waals surface area contributed by atoms with Crippen LogP contribution >= 0.6 is 0 Å². The SMILES string of the molecule is COCCOc1cc([N+](=O)[O-])c(C(=O)NCc2ccc(-n3ccc(C(F)(F)F)n3)cc2)cc1OC. The number of hydrogen-bond acceptors (Lipinski definition) is 7. The summed E-state index contributed by atoms with van der Waals surface area (Å²) in [6, 6.07) is 9.44. The lowest BCUT2D eigenvalue weighted by Crippen LogP contribution is -2.24. The van der Waals surface area contributed by atoms with Crippen molar-refractivity contribution in [2.24, 2.45) is 0 Å². The number of carbonyl (C=O) groups excluding carboxylic acids is 1. The third-order valence-electron chi connectivity index (χ3n) is 4.80. The van der Waals surface area contributed by atoms with E-state index >= 15 is 0 Å². The van der Waals surface area contributed by atoms with Crippen molar-refractivity contribution in [2.45, 2.75) is 12.7 Å². The average Bonchev–Trinajstić information content (AvgIpc) is 3.33. The van der Waals surface area contributed by atoms with E-state index in [1.54, 1.807) is 12.1 Å². The molecular formula is C22H21F3N4O6. The summed E-state index contributed by atoms with van der Waals surface area (Å²) in [4.78, 5) is 23.6. The molecule has 1 heterocycles. The summed E-state index contributed by atoms with van der Waals surface area (Å²) in [6.07, 6.45) is -3.36. The third kappa shape index (κ3) is 6.26. The van der Waals surface area contributed by atoms with Crippen molar-refractivity contribution in [3.05, 3.63) is 75.6 Å². The minimum absolute atomic E-state index is 0.0115. The van der Waals surface area contributed by atoms with E-state index in [9.17, 15) is 28.1 Å². The largest absolute Gasteiger partial charge is 0.493 e. The van der Waals surface area contributed by atoms with E-state index in [1.165, 1.54) is 38.6 Å². The first-order valence-corrected chi connectivity index (χ1v) is 10.1. The van der Waals surface area contributed by atoms with E-state index < -0.39 is 28.4 Å². The van der Waals surface area contributed by atoms with Gasteiger partial charge >= 0.3 is 6.18 Å². The number of nitrogens with one attached hydrogen (secondary N) is 1. The van der Waals surface area contributed by atoms with Crippen molar-refractivity contribution >= 4 is 11.6 Å². The number of rotatable bonds is 10. The van der Waals surface area contributed by atoms with E-state index in [0.717, 1.165) is 16.8 Å². The van der Waals surface area contributed by atoms with Crippen LogP contribution in [0.5, 0.6) is 11.5 Å². The van der Waals surface area contributed by atoms with Crippen molar-refractivity contribution < 1.29 is 37.1 Å². The van der Waals surface area contributed by atoms with Crippen molar-refractivity contribution in [1.29, 1.82) is 0 Å². The van der Waals surface area contributed by atoms with Crippen molar-refractivity contribution in [3.63, 3.8) is 0 Å². The second kappa shape index (κ2) is 10.9. The lowest BCUT2D eigenvalue weighted by molar-refractivity contribution is -0.385. The summed E-state index contributed by atoms with van der Waals surface area (Å²) in [5.74, 6) is -0.487. The Labute approximate surface area is 197 Å². The molecule has 0 unspecified atom stereocenters. The molecule has 0 fully saturated rings. The van der Waals surface area contributed by atoms with Gasteiger partial charge in [-0.2, -0.15) is 18.3 Å². The first kappa shape index (κ1) is 25.5. The summed E-state index contributed by atoms with van der Waals surface area (Å²) in [5, 5.41) is 17.6. The molecule has 0 aliphatic heterocycles. The summed E-state index contributed by atoms with van der Waals surface area (Å²) >= 11 is 0. The van der Waals surface area contributed by atoms with Gasteiger partial charge in [-0.05, 0) is 23.8 Å². The second-order valence-corrected chi connectivity index (χ2v) is 7.11. The first-order valence-electron chi connectivity index (χ1n) is 10.1. The molecule has 0 radical (unpaired) electrons. The van der Waals surface area contributed by atoms with Gasteiger partial charge in [0, 0.05) is 25.9 Å². The predicted molar refractivity (Wildman–Crippen MR) is 117 cm³/mol. The zero-order valence-electron chi connectivity index (χ0n) is 18.7. The average molecular weight is 494 g/mol. The minimum atomic E-state index is -4.55. The number of nitrogens with zero attached hydrogens (tertiary/aromatic N) is 3. The lowest BCUT2D eigenvalue weighted by Gasteiger charge is -2.13. The molecular weight excluding hydrogens is 473 g/mol. The van der Waals surface area contributed by atoms with Gasteiger partial charge in [0.15, 0.2) is 17.2 Å². The van der Waals surface area contributed by atoms with E-state index in [-0.39, 0.29) is 36.8 Å². The third-order valence-corrected chi connectivity index (χ3v) is 4.80. The summed E-state index contributed by atoms with van der Waals surface area (Å²) in [5.41, 5.74) is -0.704. The number of alkyl halides is 3. The first-order chi connectivity index (χ1) is 16.6. The number of amides is 1. The highest BCUT2D eigenvalue weighted by Gasteiger charge is 2.33. The zero-order valence-corrected chi connectivity index (χ0v) is 18.7. The molecule has 0 atom stereocenters. The van der Waals surface area contributed by atoms with Gasteiger partial charge in [-0.3, -0.25) is 14.9 Å². The number of halogens is 3. The fraction of sp³-hybridized carbons (Fsp3) is 0.273. The molecule has 1 N–H and O–H groups in total. The van der Waals surface area contributed by atoms with Crippen molar-refractivity contribution in [1.82, 2.24) is 15.1 Å². The molecule has 1 amide bonds. The maximum absolute atomic E-state index is 12.7. The van der Waals surface area contributed by atoms with Gasteiger partial charge in [0.05, 0.1) is 30.4 Å². The van der Waals surface area contributed by atoms with Gasteiger partial charge in [0.25, 0.3) is 11.6 Å². The van der Waals surface area contributed by atoms with Crippen molar-refractivity contribution in [2.75, 3.05) is 27.4 Å². The number of ether oxygens (including phenoxy) is 3. The van der Waals surface area contributed by atoms with Crippen LogP contribution in [0.1, 0.15) is 21.6 Å². The number of nitro groups is 1. The molecule has 0 spiro atoms. The van der Waals surface area contributed by atoms with Gasteiger partial charge in [-0.1, -0.05) is 12.1 Å². The molecule has 3 aromatic rings. The number of benzene rings is 2. The Bertz CT molecular complexity index is 1190. The maximum Gasteiger partial charge on any atom is 0.435 e. The normalized spacial score (nSPS) is 11.2. The quantitative estimate of drug-likeness (QED) is 0.259. The molecule has 186 valence electrons. The highest BCUT2D eigenvalue weighted by Crippen LogP contribution is 2.35. The van der Waals surface area contributed by atoms with E-state index in [2.05, 4.69) is 10.4 Å². The Kier molecular flexibility index (Phi) is 7.91. The molecule has 3 rings (SSSR count). The van der Waals surface area contributed by atoms with E-state index in [0.29, 0.717) is 11.3 Å². The number of aromatic nitrogens is 2. The number of methoxy groups -OCH3 is 2. The Morgan fingerprint density at radius 3 is 2.40 bits per heavy atom. The lowest BCUT2D eigenvalue weighted by atomic mass is 10.1. The Hall–Kier alpha value is -4.13. The van der Waals surface area contributed by atoms with Crippen LogP contribution in [0.15, 0.2) is 48.7 Å². The number of nitro benzene ring substituents is 1. The summed E-state index contributed by atoms with van der Waals surface area (Å²) < 4.78 is 54.8. The van der Waals surface area contributed by atoms with E-state index in [1.807, 2.05) is 0 Å².